The number of fused-ring (bicyclic) bond motifs is 1. The van der Waals surface area contributed by atoms with Crippen molar-refractivity contribution in [3.05, 3.63) is 36.0 Å². The quantitative estimate of drug-likeness (QED) is 0.761. The second-order valence-corrected chi connectivity index (χ2v) is 6.70. The van der Waals surface area contributed by atoms with Gasteiger partial charge in [0.15, 0.2) is 0 Å². The number of carbonyl (C=O) groups is 1. The first-order valence-electron chi connectivity index (χ1n) is 8.84. The maximum absolute atomic E-state index is 11.5. The van der Waals surface area contributed by atoms with Crippen LogP contribution in [0.3, 0.4) is 0 Å². The molecule has 5 nitrogen and oxygen atoms in total. The lowest BCUT2D eigenvalue weighted by Crippen LogP contribution is -2.49. The summed E-state index contributed by atoms with van der Waals surface area (Å²) in [5, 5.41) is 23.9. The molecular formula is C19H26N2O3. The topological polar surface area (TPSA) is 74.5 Å². The van der Waals surface area contributed by atoms with Crippen molar-refractivity contribution in [1.29, 1.82) is 0 Å². The number of aromatic carboxylic acids is 1. The van der Waals surface area contributed by atoms with Crippen molar-refractivity contribution >= 4 is 16.9 Å². The van der Waals surface area contributed by atoms with E-state index in [9.17, 15) is 15.0 Å². The molecule has 1 aliphatic rings. The number of rotatable bonds is 6. The molecule has 130 valence electrons. The van der Waals surface area contributed by atoms with Crippen LogP contribution in [0.15, 0.2) is 30.5 Å². The maximum Gasteiger partial charge on any atom is 0.337 e. The molecule has 0 amide bonds. The number of aliphatic hydroxyl groups is 1. The van der Waals surface area contributed by atoms with Gasteiger partial charge in [0.25, 0.3) is 0 Å². The number of hydrogen-bond donors (Lipinski definition) is 3. The van der Waals surface area contributed by atoms with Crippen LogP contribution in [-0.2, 0) is 6.54 Å². The van der Waals surface area contributed by atoms with Crippen LogP contribution in [-0.4, -0.2) is 39.4 Å². The molecule has 0 aliphatic carbocycles. The van der Waals surface area contributed by atoms with E-state index in [1.165, 1.54) is 0 Å². The Kier molecular flexibility index (Phi) is 5.21. The molecule has 0 bridgehead atoms. The molecule has 3 N–H and O–H groups in total. The summed E-state index contributed by atoms with van der Waals surface area (Å²) in [7, 11) is 0. The maximum atomic E-state index is 11.5. The number of carboxylic acids is 1. The average Bonchev–Trinajstić information content (AvgIpc) is 2.96. The van der Waals surface area contributed by atoms with Gasteiger partial charge in [0.1, 0.15) is 0 Å². The van der Waals surface area contributed by atoms with Gasteiger partial charge in [0.2, 0.25) is 0 Å². The molecule has 0 spiro atoms. The summed E-state index contributed by atoms with van der Waals surface area (Å²) in [6.45, 7) is 3.88. The van der Waals surface area contributed by atoms with Crippen molar-refractivity contribution in [2.75, 3.05) is 6.54 Å². The molecular weight excluding hydrogens is 304 g/mol. The number of aryl methyl sites for hydroxylation is 1. The highest BCUT2D eigenvalue weighted by molar-refractivity contribution is 6.03. The number of nitrogens with zero attached hydrogens (tertiary/aromatic N) is 1. The van der Waals surface area contributed by atoms with Gasteiger partial charge in [0, 0.05) is 29.7 Å². The first-order chi connectivity index (χ1) is 11.6. The molecule has 1 saturated heterocycles. The van der Waals surface area contributed by atoms with E-state index < -0.39 is 5.97 Å². The number of para-hydroxylation sites is 1. The minimum Gasteiger partial charge on any atom is -0.478 e. The van der Waals surface area contributed by atoms with Crippen molar-refractivity contribution in [3.63, 3.8) is 0 Å². The Balaban J connectivity index is 1.78. The Bertz CT molecular complexity index is 710. The number of nitrogens with one attached hydrogen (secondary N) is 1. The van der Waals surface area contributed by atoms with Crippen LogP contribution in [0.2, 0.25) is 0 Å². The standard InChI is InChI=1S/C19H26N2O3/c1-2-13(18-17(22)8-5-10-20-18)9-11-21-12-15(19(23)24)14-6-3-4-7-16(14)21/h3-4,6-7,12-13,17-18,20,22H,2,5,8-11H2,1H3,(H,23,24). The van der Waals surface area contributed by atoms with Gasteiger partial charge < -0.3 is 20.1 Å². The van der Waals surface area contributed by atoms with Crippen molar-refractivity contribution in [2.45, 2.75) is 51.3 Å². The minimum absolute atomic E-state index is 0.143. The Morgan fingerprint density at radius 2 is 2.21 bits per heavy atom. The third-order valence-corrected chi connectivity index (χ3v) is 5.26. The molecule has 1 fully saturated rings. The van der Waals surface area contributed by atoms with Gasteiger partial charge in [-0.1, -0.05) is 31.5 Å². The van der Waals surface area contributed by atoms with E-state index in [1.54, 1.807) is 6.20 Å². The summed E-state index contributed by atoms with van der Waals surface area (Å²) in [6, 6.07) is 7.78. The largest absolute Gasteiger partial charge is 0.478 e. The van der Waals surface area contributed by atoms with Crippen LogP contribution in [0, 0.1) is 5.92 Å². The highest BCUT2D eigenvalue weighted by Gasteiger charge is 2.29. The van der Waals surface area contributed by atoms with Gasteiger partial charge >= 0.3 is 5.97 Å². The van der Waals surface area contributed by atoms with Gasteiger partial charge in [-0.05, 0) is 37.8 Å². The Morgan fingerprint density at radius 1 is 1.42 bits per heavy atom. The first kappa shape index (κ1) is 17.0. The fourth-order valence-electron chi connectivity index (χ4n) is 3.92. The van der Waals surface area contributed by atoms with Gasteiger partial charge in [-0.3, -0.25) is 0 Å². The predicted octanol–water partition coefficient (Wildman–Crippen LogP) is 2.87. The molecule has 24 heavy (non-hydrogen) atoms. The van der Waals surface area contributed by atoms with E-state index in [1.807, 2.05) is 28.8 Å². The monoisotopic (exact) mass is 330 g/mol. The van der Waals surface area contributed by atoms with Crippen molar-refractivity contribution in [2.24, 2.45) is 5.92 Å². The van der Waals surface area contributed by atoms with Crippen LogP contribution in [0.1, 0.15) is 43.0 Å². The van der Waals surface area contributed by atoms with E-state index in [4.69, 9.17) is 0 Å². The highest BCUT2D eigenvalue weighted by Crippen LogP contribution is 2.25. The zero-order valence-corrected chi connectivity index (χ0v) is 14.1. The molecule has 1 aromatic carbocycles. The van der Waals surface area contributed by atoms with E-state index in [2.05, 4.69) is 12.2 Å². The molecule has 5 heteroatoms. The number of aromatic nitrogens is 1. The van der Waals surface area contributed by atoms with Gasteiger partial charge in [-0.2, -0.15) is 0 Å². The lowest BCUT2D eigenvalue weighted by molar-refractivity contribution is 0.0632. The van der Waals surface area contributed by atoms with E-state index in [-0.39, 0.29) is 12.1 Å². The van der Waals surface area contributed by atoms with Gasteiger partial charge in [-0.25, -0.2) is 4.79 Å². The second kappa shape index (κ2) is 7.36. The molecule has 1 aromatic heterocycles. The lowest BCUT2D eigenvalue weighted by Gasteiger charge is -2.35. The number of aliphatic hydroxyl groups excluding tert-OH is 1. The van der Waals surface area contributed by atoms with Gasteiger partial charge in [-0.15, -0.1) is 0 Å². The van der Waals surface area contributed by atoms with Crippen LogP contribution in [0.25, 0.3) is 10.9 Å². The van der Waals surface area contributed by atoms with E-state index >= 15 is 0 Å². The zero-order chi connectivity index (χ0) is 17.1. The molecule has 3 atom stereocenters. The summed E-state index contributed by atoms with van der Waals surface area (Å²) in [4.78, 5) is 11.5. The number of benzene rings is 1. The summed E-state index contributed by atoms with van der Waals surface area (Å²) >= 11 is 0. The summed E-state index contributed by atoms with van der Waals surface area (Å²) in [5.41, 5.74) is 1.32. The SMILES string of the molecule is CCC(CCn1cc(C(=O)O)c2ccccc21)C1NCCCC1O. The summed E-state index contributed by atoms with van der Waals surface area (Å²) in [5.74, 6) is -0.504. The molecule has 3 unspecified atom stereocenters. The third-order valence-electron chi connectivity index (χ3n) is 5.26. The average molecular weight is 330 g/mol. The van der Waals surface area contributed by atoms with Crippen LogP contribution >= 0.6 is 0 Å². The second-order valence-electron chi connectivity index (χ2n) is 6.70. The van der Waals surface area contributed by atoms with Crippen LogP contribution in [0.5, 0.6) is 0 Å². The molecule has 2 aromatic rings. The first-order valence-corrected chi connectivity index (χ1v) is 8.84. The number of hydrogen-bond acceptors (Lipinski definition) is 3. The predicted molar refractivity (Wildman–Crippen MR) is 94.3 cm³/mol. The Morgan fingerprint density at radius 3 is 2.92 bits per heavy atom. The summed E-state index contributed by atoms with van der Waals surface area (Å²) in [6.07, 6.45) is 5.27. The lowest BCUT2D eigenvalue weighted by atomic mass is 9.86. The van der Waals surface area contributed by atoms with E-state index in [0.717, 1.165) is 49.7 Å². The fraction of sp³-hybridized carbons (Fsp3) is 0.526. The van der Waals surface area contributed by atoms with Crippen LogP contribution in [0.4, 0.5) is 0 Å². The smallest absolute Gasteiger partial charge is 0.337 e. The zero-order valence-electron chi connectivity index (χ0n) is 14.1. The molecule has 0 radical (unpaired) electrons. The van der Waals surface area contributed by atoms with Crippen molar-refractivity contribution in [3.8, 4) is 0 Å². The van der Waals surface area contributed by atoms with Crippen molar-refractivity contribution in [1.82, 2.24) is 9.88 Å². The fourth-order valence-corrected chi connectivity index (χ4v) is 3.92. The summed E-state index contributed by atoms with van der Waals surface area (Å²) < 4.78 is 2.04. The highest BCUT2D eigenvalue weighted by atomic mass is 16.4. The molecule has 0 saturated carbocycles. The van der Waals surface area contributed by atoms with Crippen LogP contribution < -0.4 is 5.32 Å². The molecule has 2 heterocycles. The number of piperidine rings is 1. The number of carboxylic acid groups (broad SMARTS) is 1. The van der Waals surface area contributed by atoms with E-state index in [0.29, 0.717) is 11.5 Å². The minimum atomic E-state index is -0.888. The van der Waals surface area contributed by atoms with Crippen molar-refractivity contribution < 1.29 is 15.0 Å². The Labute approximate surface area is 142 Å². The van der Waals surface area contributed by atoms with Gasteiger partial charge in [0.05, 0.1) is 11.7 Å². The molecule has 1 aliphatic heterocycles. The third kappa shape index (κ3) is 3.32. The normalized spacial score (nSPS) is 22.6. The molecule has 3 rings (SSSR count). The Hall–Kier alpha value is -1.85.